The van der Waals surface area contributed by atoms with Crippen LogP contribution in [0.5, 0.6) is 0 Å². The molecular formula is C9H21NO9S. The van der Waals surface area contributed by atoms with Gasteiger partial charge in [0.2, 0.25) is 11.2 Å². The molecule has 1 aliphatic rings. The van der Waals surface area contributed by atoms with Crippen molar-refractivity contribution in [1.82, 2.24) is 4.90 Å². The van der Waals surface area contributed by atoms with Gasteiger partial charge in [-0.05, 0) is 0 Å². The topological polar surface area (TPSA) is 174 Å². The minimum atomic E-state index is -4.34. The van der Waals surface area contributed by atoms with Gasteiger partial charge in [-0.3, -0.25) is 22.7 Å². The summed E-state index contributed by atoms with van der Waals surface area (Å²) in [5.41, 5.74) is 0. The molecule has 0 aromatic carbocycles. The molecule has 0 aromatic rings. The van der Waals surface area contributed by atoms with Gasteiger partial charge in [0.25, 0.3) is 0 Å². The highest BCUT2D eigenvalue weighted by Crippen LogP contribution is 2.36. The first kappa shape index (κ1) is 18.0. The van der Waals surface area contributed by atoms with E-state index in [0.29, 0.717) is 0 Å². The Kier molecular flexibility index (Phi) is 6.56. The normalized spacial score (nSPS) is 32.3. The van der Waals surface area contributed by atoms with Crippen molar-refractivity contribution in [3.8, 4) is 0 Å². The molecule has 20 heavy (non-hydrogen) atoms. The standard InChI is InChI=1S/C9H21NO9S/c11-3-5-9(15)7(14)2-10(5)1-6(13)8(4-12)19-20(16,17)18/h5-9,11-18H,1-4H2/t5-,6-,7-,8?,9-/m1/s1. The molecule has 122 valence electrons. The zero-order chi connectivity index (χ0) is 15.5. The van der Waals surface area contributed by atoms with Crippen molar-refractivity contribution in [3.63, 3.8) is 0 Å². The first-order chi connectivity index (χ1) is 9.19. The van der Waals surface area contributed by atoms with Crippen LogP contribution in [0.3, 0.4) is 0 Å². The van der Waals surface area contributed by atoms with Gasteiger partial charge in [-0.1, -0.05) is 0 Å². The largest absolute Gasteiger partial charge is 0.395 e. The molecule has 1 aliphatic heterocycles. The molecular weight excluding hydrogens is 298 g/mol. The molecule has 1 unspecified atom stereocenters. The zero-order valence-electron chi connectivity index (χ0n) is 10.6. The summed E-state index contributed by atoms with van der Waals surface area (Å²) in [5.74, 6) is 0. The number of hydrogen-bond acceptors (Lipinski definition) is 10. The number of aliphatic hydroxyl groups excluding tert-OH is 5. The van der Waals surface area contributed by atoms with Gasteiger partial charge in [0.1, 0.15) is 6.10 Å². The second kappa shape index (κ2) is 7.29. The molecule has 10 nitrogen and oxygen atoms in total. The molecule has 1 heterocycles. The van der Waals surface area contributed by atoms with E-state index in [1.54, 1.807) is 0 Å². The van der Waals surface area contributed by atoms with Crippen LogP contribution in [0.2, 0.25) is 0 Å². The fraction of sp³-hybridized carbons (Fsp3) is 1.00. The van der Waals surface area contributed by atoms with E-state index >= 15 is 0 Å². The molecule has 0 aliphatic carbocycles. The van der Waals surface area contributed by atoms with E-state index in [1.807, 2.05) is 0 Å². The van der Waals surface area contributed by atoms with Crippen LogP contribution in [-0.4, -0.2) is 101 Å². The Labute approximate surface area is 117 Å². The second-order valence-electron chi connectivity index (χ2n) is 4.61. The van der Waals surface area contributed by atoms with Crippen molar-refractivity contribution < 1.29 is 43.4 Å². The lowest BCUT2D eigenvalue weighted by Crippen LogP contribution is -2.47. The monoisotopic (exact) mass is 319 g/mol. The molecule has 0 bridgehead atoms. The maximum Gasteiger partial charge on any atom is 0.217 e. The molecule has 1 saturated heterocycles. The minimum Gasteiger partial charge on any atom is -0.395 e. The smallest absolute Gasteiger partial charge is 0.217 e. The van der Waals surface area contributed by atoms with Gasteiger partial charge in [0.15, 0.2) is 0 Å². The minimum absolute atomic E-state index is 0.0169. The fourth-order valence-corrected chi connectivity index (χ4v) is 2.65. The van der Waals surface area contributed by atoms with Gasteiger partial charge in [-0.2, -0.15) is 0 Å². The molecule has 0 saturated carbocycles. The fourth-order valence-electron chi connectivity index (χ4n) is 2.13. The summed E-state index contributed by atoms with van der Waals surface area (Å²) >= 11 is -4.34. The average molecular weight is 319 g/mol. The first-order valence-corrected chi connectivity index (χ1v) is 7.31. The summed E-state index contributed by atoms with van der Waals surface area (Å²) in [4.78, 5) is 1.37. The molecule has 1 rings (SSSR count). The Balaban J connectivity index is 2.62. The van der Waals surface area contributed by atoms with E-state index in [-0.39, 0.29) is 13.1 Å². The Morgan fingerprint density at radius 2 is 1.80 bits per heavy atom. The maximum atomic E-state index is 9.83. The van der Waals surface area contributed by atoms with Crippen LogP contribution in [0.1, 0.15) is 0 Å². The van der Waals surface area contributed by atoms with Gasteiger partial charge in [-0.25, -0.2) is 0 Å². The zero-order valence-corrected chi connectivity index (χ0v) is 11.4. The second-order valence-corrected chi connectivity index (χ2v) is 5.74. The highest BCUT2D eigenvalue weighted by Gasteiger charge is 2.41. The third-order valence-corrected chi connectivity index (χ3v) is 3.65. The number of rotatable bonds is 7. The van der Waals surface area contributed by atoms with Crippen LogP contribution in [-0.2, 0) is 4.18 Å². The van der Waals surface area contributed by atoms with Crippen molar-refractivity contribution >= 4 is 11.2 Å². The molecule has 5 atom stereocenters. The SMILES string of the molecule is OCC(OS(O)(O)O)[C@H](O)CN1C[C@@H](O)[C@H](O)[C@H]1CO. The van der Waals surface area contributed by atoms with Crippen molar-refractivity contribution in [1.29, 1.82) is 0 Å². The Bertz CT molecular complexity index is 302. The number of hydrogen-bond donors (Lipinski definition) is 8. The third kappa shape index (κ3) is 4.75. The van der Waals surface area contributed by atoms with Crippen LogP contribution in [0.25, 0.3) is 0 Å². The summed E-state index contributed by atoms with van der Waals surface area (Å²) in [6.07, 6.45) is -5.19. The van der Waals surface area contributed by atoms with Crippen molar-refractivity contribution in [2.24, 2.45) is 0 Å². The Morgan fingerprint density at radius 3 is 2.25 bits per heavy atom. The van der Waals surface area contributed by atoms with Gasteiger partial charge in [0.05, 0.1) is 37.6 Å². The molecule has 0 amide bonds. The van der Waals surface area contributed by atoms with E-state index in [4.69, 9.17) is 23.9 Å². The highest BCUT2D eigenvalue weighted by molar-refractivity contribution is 8.15. The van der Waals surface area contributed by atoms with E-state index in [0.717, 1.165) is 0 Å². The quantitative estimate of drug-likeness (QED) is 0.246. The Hall–Kier alpha value is -0.0500. The molecule has 0 aromatic heterocycles. The molecule has 0 spiro atoms. The van der Waals surface area contributed by atoms with Gasteiger partial charge >= 0.3 is 0 Å². The summed E-state index contributed by atoms with van der Waals surface area (Å²) in [6.45, 7) is -1.48. The van der Waals surface area contributed by atoms with Crippen molar-refractivity contribution in [2.45, 2.75) is 30.5 Å². The van der Waals surface area contributed by atoms with Crippen LogP contribution < -0.4 is 0 Å². The van der Waals surface area contributed by atoms with Crippen molar-refractivity contribution in [2.75, 3.05) is 26.3 Å². The third-order valence-electron chi connectivity index (χ3n) is 3.15. The number of aliphatic hydroxyl groups is 5. The number of nitrogens with zero attached hydrogens (tertiary/aromatic N) is 1. The van der Waals surface area contributed by atoms with Gasteiger partial charge in [-0.15, -0.1) is 0 Å². The van der Waals surface area contributed by atoms with Crippen molar-refractivity contribution in [3.05, 3.63) is 0 Å². The van der Waals surface area contributed by atoms with Gasteiger partial charge < -0.3 is 25.5 Å². The lowest BCUT2D eigenvalue weighted by molar-refractivity contribution is -0.0350. The molecule has 0 radical (unpaired) electrons. The summed E-state index contributed by atoms with van der Waals surface area (Å²) in [7, 11) is 0. The predicted molar refractivity (Wildman–Crippen MR) is 67.9 cm³/mol. The molecule has 1 fully saturated rings. The van der Waals surface area contributed by atoms with Gasteiger partial charge in [0, 0.05) is 13.1 Å². The number of β-amino-alcohol motifs (C(OH)–C–C–N with tert-alkyl or cyclic N) is 2. The maximum absolute atomic E-state index is 9.83. The first-order valence-electron chi connectivity index (χ1n) is 5.88. The molecule has 8 N–H and O–H groups in total. The predicted octanol–water partition coefficient (Wildman–Crippen LogP) is -2.74. The Morgan fingerprint density at radius 1 is 1.20 bits per heavy atom. The average Bonchev–Trinajstić information content (AvgIpc) is 2.60. The summed E-state index contributed by atoms with van der Waals surface area (Å²) in [5, 5.41) is 47.0. The van der Waals surface area contributed by atoms with E-state index in [2.05, 4.69) is 4.18 Å². The molecule has 11 heteroatoms. The van der Waals surface area contributed by atoms with Crippen LogP contribution in [0.4, 0.5) is 0 Å². The number of likely N-dealkylation sites (tertiary alicyclic amines) is 1. The van der Waals surface area contributed by atoms with E-state index in [1.165, 1.54) is 4.90 Å². The van der Waals surface area contributed by atoms with E-state index < -0.39 is 54.8 Å². The van der Waals surface area contributed by atoms with Crippen LogP contribution >= 0.6 is 11.2 Å². The highest BCUT2D eigenvalue weighted by atomic mass is 32.3. The van der Waals surface area contributed by atoms with E-state index in [9.17, 15) is 15.3 Å². The summed E-state index contributed by atoms with van der Waals surface area (Å²) < 4.78 is 30.5. The van der Waals surface area contributed by atoms with Crippen LogP contribution in [0, 0.1) is 0 Å². The lowest BCUT2D eigenvalue weighted by Gasteiger charge is -2.31. The lowest BCUT2D eigenvalue weighted by atomic mass is 10.1. The van der Waals surface area contributed by atoms with Crippen LogP contribution in [0.15, 0.2) is 0 Å². The summed E-state index contributed by atoms with van der Waals surface area (Å²) in [6, 6.07) is -0.798.